The quantitative estimate of drug-likeness (QED) is 0.189. The van der Waals surface area contributed by atoms with Crippen LogP contribution in [-0.2, 0) is 14.3 Å². The lowest BCUT2D eigenvalue weighted by Crippen LogP contribution is -2.60. The third-order valence-electron chi connectivity index (χ3n) is 5.43. The number of aliphatic hydroxyl groups excluding tert-OH is 3. The molecular formula is C23H22O12. The first-order valence-corrected chi connectivity index (χ1v) is 10.4. The molecule has 0 aromatic heterocycles. The smallest absolute Gasteiger partial charge is 0.302 e. The number of aliphatic hydroxyl groups is 3. The number of aromatic hydroxyl groups is 3. The van der Waals surface area contributed by atoms with E-state index < -0.39 is 60.6 Å². The molecule has 1 fully saturated rings. The number of benzene rings is 2. The molecule has 0 radical (unpaired) electrons. The van der Waals surface area contributed by atoms with E-state index in [0.29, 0.717) is 5.56 Å². The molecule has 2 aliphatic rings. The second-order valence-electron chi connectivity index (χ2n) is 7.91. The minimum Gasteiger partial charge on any atom is -0.504 e. The Morgan fingerprint density at radius 2 is 1.77 bits per heavy atom. The number of carbonyl (C=O) groups excluding carboxylic acids is 2. The number of fused-ring (bicyclic) bond motifs is 1. The van der Waals surface area contributed by atoms with Gasteiger partial charge in [0.1, 0.15) is 31.0 Å². The summed E-state index contributed by atoms with van der Waals surface area (Å²) in [5, 5.41) is 60.2. The van der Waals surface area contributed by atoms with Gasteiger partial charge in [-0.15, -0.1) is 0 Å². The van der Waals surface area contributed by atoms with Crippen LogP contribution < -0.4 is 9.47 Å². The Balaban J connectivity index is 1.55. The van der Waals surface area contributed by atoms with Gasteiger partial charge in [0.25, 0.3) is 0 Å². The zero-order valence-corrected chi connectivity index (χ0v) is 18.2. The second kappa shape index (κ2) is 9.43. The number of ketones is 1. The van der Waals surface area contributed by atoms with E-state index in [-0.39, 0.29) is 28.6 Å². The van der Waals surface area contributed by atoms with Gasteiger partial charge in [0, 0.05) is 6.92 Å². The highest BCUT2D eigenvalue weighted by atomic mass is 16.7. The normalized spacial score (nSPS) is 26.8. The minimum absolute atomic E-state index is 0.0115. The van der Waals surface area contributed by atoms with Crippen LogP contribution in [0.15, 0.2) is 36.1 Å². The summed E-state index contributed by atoms with van der Waals surface area (Å²) in [5.41, 5.74) is 0.356. The van der Waals surface area contributed by atoms with Gasteiger partial charge in [-0.25, -0.2) is 0 Å². The molecule has 2 aliphatic heterocycles. The maximum atomic E-state index is 12.7. The Morgan fingerprint density at radius 3 is 2.46 bits per heavy atom. The molecule has 1 saturated heterocycles. The lowest BCUT2D eigenvalue weighted by Gasteiger charge is -2.39. The average molecular weight is 490 g/mol. The summed E-state index contributed by atoms with van der Waals surface area (Å²) >= 11 is 0. The Labute approximate surface area is 197 Å². The van der Waals surface area contributed by atoms with E-state index >= 15 is 0 Å². The van der Waals surface area contributed by atoms with E-state index in [4.69, 9.17) is 18.9 Å². The number of phenolic OH excluding ortho intramolecular Hbond substituents is 3. The Bertz CT molecular complexity index is 1190. The van der Waals surface area contributed by atoms with Gasteiger partial charge in [-0.2, -0.15) is 0 Å². The van der Waals surface area contributed by atoms with Crippen LogP contribution in [-0.4, -0.2) is 79.7 Å². The topological polar surface area (TPSA) is 192 Å². The van der Waals surface area contributed by atoms with Crippen LogP contribution >= 0.6 is 0 Å². The van der Waals surface area contributed by atoms with Gasteiger partial charge in [0.15, 0.2) is 28.8 Å². The average Bonchev–Trinajstić information content (AvgIpc) is 3.13. The molecule has 35 heavy (non-hydrogen) atoms. The molecule has 0 aliphatic carbocycles. The molecule has 12 heteroatoms. The third-order valence-corrected chi connectivity index (χ3v) is 5.43. The van der Waals surface area contributed by atoms with Crippen molar-refractivity contribution in [3.05, 3.63) is 47.2 Å². The van der Waals surface area contributed by atoms with Gasteiger partial charge in [-0.1, -0.05) is 6.07 Å². The largest absolute Gasteiger partial charge is 0.504 e. The summed E-state index contributed by atoms with van der Waals surface area (Å²) < 4.78 is 21.2. The van der Waals surface area contributed by atoms with Crippen molar-refractivity contribution in [2.24, 2.45) is 0 Å². The Hall–Kier alpha value is -3.84. The number of phenols is 3. The van der Waals surface area contributed by atoms with Crippen molar-refractivity contribution >= 4 is 17.8 Å². The van der Waals surface area contributed by atoms with Gasteiger partial charge in [0.2, 0.25) is 17.8 Å². The van der Waals surface area contributed by atoms with Gasteiger partial charge in [-0.3, -0.25) is 9.59 Å². The first-order valence-electron chi connectivity index (χ1n) is 10.4. The highest BCUT2D eigenvalue weighted by molar-refractivity contribution is 6.15. The fraction of sp³-hybridized carbons (Fsp3) is 0.304. The lowest BCUT2D eigenvalue weighted by atomic mass is 9.99. The summed E-state index contributed by atoms with van der Waals surface area (Å²) in [6.45, 7) is 0.723. The molecule has 186 valence electrons. The summed E-state index contributed by atoms with van der Waals surface area (Å²) in [7, 11) is 0. The number of carbonyl (C=O) groups is 2. The fourth-order valence-corrected chi connectivity index (χ4v) is 3.57. The molecular weight excluding hydrogens is 468 g/mol. The van der Waals surface area contributed by atoms with E-state index in [9.17, 15) is 40.2 Å². The van der Waals surface area contributed by atoms with Gasteiger partial charge in [-0.05, 0) is 35.9 Å². The Kier molecular flexibility index (Phi) is 6.54. The predicted octanol–water partition coefficient (Wildman–Crippen LogP) is 0.169. The van der Waals surface area contributed by atoms with Crippen LogP contribution in [0.2, 0.25) is 0 Å². The summed E-state index contributed by atoms with van der Waals surface area (Å²) in [6.07, 6.45) is -6.53. The summed E-state index contributed by atoms with van der Waals surface area (Å²) in [5.74, 6) is -3.22. The van der Waals surface area contributed by atoms with Crippen molar-refractivity contribution in [2.45, 2.75) is 37.6 Å². The van der Waals surface area contributed by atoms with Crippen LogP contribution in [0.3, 0.4) is 0 Å². The van der Waals surface area contributed by atoms with E-state index in [2.05, 4.69) is 0 Å². The number of ether oxygens (including phenoxy) is 4. The molecule has 2 unspecified atom stereocenters. The highest BCUT2D eigenvalue weighted by Gasteiger charge is 2.46. The van der Waals surface area contributed by atoms with Crippen molar-refractivity contribution in [1.29, 1.82) is 0 Å². The fourth-order valence-electron chi connectivity index (χ4n) is 3.57. The van der Waals surface area contributed by atoms with Crippen molar-refractivity contribution in [3.63, 3.8) is 0 Å². The SMILES string of the molecule is CC(=O)OCC1O[C@@H](Oc2ccc3c(c2O)OC(=Cc2ccc(O)c(O)c2)C3=O)C(O)[C@@H](O)[C@@H]1O. The molecule has 5 atom stereocenters. The summed E-state index contributed by atoms with van der Waals surface area (Å²) in [6, 6.07) is 6.40. The van der Waals surface area contributed by atoms with E-state index in [1.165, 1.54) is 36.4 Å². The van der Waals surface area contributed by atoms with Gasteiger partial charge < -0.3 is 49.6 Å². The second-order valence-corrected chi connectivity index (χ2v) is 7.91. The van der Waals surface area contributed by atoms with E-state index in [1.807, 2.05) is 0 Å². The molecule has 0 amide bonds. The first kappa shape index (κ1) is 24.3. The zero-order valence-electron chi connectivity index (χ0n) is 18.2. The molecule has 6 N–H and O–H groups in total. The molecule has 12 nitrogen and oxygen atoms in total. The van der Waals surface area contributed by atoms with Crippen molar-refractivity contribution in [2.75, 3.05) is 6.61 Å². The van der Waals surface area contributed by atoms with Crippen molar-refractivity contribution < 1.29 is 59.2 Å². The summed E-state index contributed by atoms with van der Waals surface area (Å²) in [4.78, 5) is 23.7. The monoisotopic (exact) mass is 490 g/mol. The van der Waals surface area contributed by atoms with Gasteiger partial charge in [0.05, 0.1) is 5.56 Å². The number of hydrogen-bond acceptors (Lipinski definition) is 12. The molecule has 0 saturated carbocycles. The maximum Gasteiger partial charge on any atom is 0.302 e. The Morgan fingerprint density at radius 1 is 1.03 bits per heavy atom. The molecule has 0 spiro atoms. The van der Waals surface area contributed by atoms with E-state index in [0.717, 1.165) is 6.92 Å². The first-order chi connectivity index (χ1) is 16.6. The van der Waals surface area contributed by atoms with Crippen molar-refractivity contribution in [1.82, 2.24) is 0 Å². The number of esters is 1. The number of allylic oxidation sites excluding steroid dienone is 1. The van der Waals surface area contributed by atoms with Crippen molar-refractivity contribution in [3.8, 4) is 28.7 Å². The van der Waals surface area contributed by atoms with Crippen LogP contribution in [0, 0.1) is 0 Å². The third kappa shape index (κ3) is 4.72. The highest BCUT2D eigenvalue weighted by Crippen LogP contribution is 2.45. The molecule has 2 aromatic carbocycles. The number of Topliss-reactive ketones (excluding diaryl/α,β-unsaturated/α-hetero) is 1. The van der Waals surface area contributed by atoms with E-state index in [1.54, 1.807) is 0 Å². The number of rotatable bonds is 5. The van der Waals surface area contributed by atoms with Crippen LogP contribution in [0.4, 0.5) is 0 Å². The van der Waals surface area contributed by atoms with Gasteiger partial charge >= 0.3 is 5.97 Å². The van der Waals surface area contributed by atoms with Crippen LogP contribution in [0.5, 0.6) is 28.7 Å². The number of hydrogen-bond donors (Lipinski definition) is 6. The van der Waals surface area contributed by atoms with Crippen LogP contribution in [0.25, 0.3) is 6.08 Å². The molecule has 0 bridgehead atoms. The minimum atomic E-state index is -1.73. The standard InChI is InChI=1S/C23H22O12/c1-9(24)32-8-16-18(28)20(30)21(31)23(35-16)34-14-5-3-11-17(27)15(33-22(11)19(14)29)7-10-2-4-12(25)13(26)6-10/h2-7,16,18,20-21,23,25-26,28-31H,8H2,1H3/t16?,18-,20+,21?,23-/m1/s1. The zero-order chi connectivity index (χ0) is 25.4. The molecule has 4 rings (SSSR count). The molecule has 2 aromatic rings. The van der Waals surface area contributed by atoms with Crippen LogP contribution in [0.1, 0.15) is 22.8 Å². The predicted molar refractivity (Wildman–Crippen MR) is 115 cm³/mol. The lowest BCUT2D eigenvalue weighted by molar-refractivity contribution is -0.278. The molecule has 2 heterocycles. The maximum absolute atomic E-state index is 12.7.